The lowest BCUT2D eigenvalue weighted by Crippen LogP contribution is -2.05. The van der Waals surface area contributed by atoms with E-state index in [2.05, 4.69) is 39.6 Å². The van der Waals surface area contributed by atoms with Gasteiger partial charge >= 0.3 is 0 Å². The quantitative estimate of drug-likeness (QED) is 0.503. The fraction of sp³-hybridized carbons (Fsp3) is 0.105. The van der Waals surface area contributed by atoms with Crippen LogP contribution in [0.25, 0.3) is 21.8 Å². The number of H-pyrrole nitrogens is 2. The van der Waals surface area contributed by atoms with Crippen LogP contribution in [0.4, 0.5) is 0 Å². The van der Waals surface area contributed by atoms with Crippen molar-refractivity contribution < 1.29 is 4.79 Å². The summed E-state index contributed by atoms with van der Waals surface area (Å²) in [6.45, 7) is 0.915. The maximum atomic E-state index is 10.5. The molecule has 0 spiro atoms. The van der Waals surface area contributed by atoms with Crippen molar-refractivity contribution in [3.8, 4) is 0 Å². The highest BCUT2D eigenvalue weighted by atomic mass is 16.1. The number of benzene rings is 2. The smallest absolute Gasteiger partial charge is 0.152 e. The van der Waals surface area contributed by atoms with E-state index in [4.69, 9.17) is 0 Å². The number of carbonyl (C=O) groups is 1. The summed E-state index contributed by atoms with van der Waals surface area (Å²) in [6, 6.07) is 16.0. The van der Waals surface area contributed by atoms with Crippen LogP contribution >= 0.6 is 0 Å². The van der Waals surface area contributed by atoms with E-state index in [1.165, 1.54) is 16.5 Å². The number of hydrogen-bond acceptors (Lipinski definition) is 2. The van der Waals surface area contributed by atoms with Crippen molar-refractivity contribution in [2.75, 3.05) is 7.05 Å². The van der Waals surface area contributed by atoms with E-state index in [9.17, 15) is 4.79 Å². The first-order valence-corrected chi connectivity index (χ1v) is 7.54. The third kappa shape index (κ3) is 3.17. The summed E-state index contributed by atoms with van der Waals surface area (Å²) in [5, 5.41) is 5.50. The Kier molecular flexibility index (Phi) is 4.54. The van der Waals surface area contributed by atoms with Crippen LogP contribution in [0.2, 0.25) is 0 Å². The van der Waals surface area contributed by atoms with E-state index in [1.807, 2.05) is 37.6 Å². The number of fused-ring (bicyclic) bond motifs is 2. The van der Waals surface area contributed by atoms with Crippen molar-refractivity contribution in [1.82, 2.24) is 15.3 Å². The maximum Gasteiger partial charge on any atom is 0.152 e. The third-order valence-electron chi connectivity index (χ3n) is 3.79. The van der Waals surface area contributed by atoms with Gasteiger partial charge < -0.3 is 15.3 Å². The molecule has 0 fully saturated rings. The molecule has 2 aromatic carbocycles. The predicted octanol–water partition coefficient (Wildman–Crippen LogP) is 3.87. The van der Waals surface area contributed by atoms with Gasteiger partial charge in [0.25, 0.3) is 0 Å². The highest BCUT2D eigenvalue weighted by molar-refractivity contribution is 5.95. The summed E-state index contributed by atoms with van der Waals surface area (Å²) in [6.07, 6.45) is 4.67. The lowest BCUT2D eigenvalue weighted by molar-refractivity contribution is 0.112. The molecule has 0 atom stereocenters. The van der Waals surface area contributed by atoms with Gasteiger partial charge in [0, 0.05) is 35.4 Å². The van der Waals surface area contributed by atoms with Gasteiger partial charge in [0.05, 0.1) is 5.52 Å². The van der Waals surface area contributed by atoms with Crippen molar-refractivity contribution >= 4 is 28.1 Å². The van der Waals surface area contributed by atoms with E-state index in [-0.39, 0.29) is 0 Å². The van der Waals surface area contributed by atoms with E-state index in [0.717, 1.165) is 23.7 Å². The lowest BCUT2D eigenvalue weighted by atomic mass is 10.1. The van der Waals surface area contributed by atoms with Crippen molar-refractivity contribution in [2.45, 2.75) is 6.54 Å². The molecule has 2 heterocycles. The van der Waals surface area contributed by atoms with Gasteiger partial charge in [-0.25, -0.2) is 0 Å². The Hall–Kier alpha value is -2.85. The summed E-state index contributed by atoms with van der Waals surface area (Å²) in [5.74, 6) is 0. The zero-order valence-corrected chi connectivity index (χ0v) is 13.0. The SMILES string of the molecule is CNCc1cccc2cc[nH]c12.O=Cc1cccc2cc[nH]c12. The molecule has 4 nitrogen and oxygen atoms in total. The molecule has 0 bridgehead atoms. The van der Waals surface area contributed by atoms with Crippen LogP contribution in [0.3, 0.4) is 0 Å². The van der Waals surface area contributed by atoms with Crippen LogP contribution < -0.4 is 5.32 Å². The molecule has 116 valence electrons. The highest BCUT2D eigenvalue weighted by Gasteiger charge is 1.99. The number of carbonyl (C=O) groups excluding carboxylic acids is 1. The van der Waals surface area contributed by atoms with Gasteiger partial charge in [0.2, 0.25) is 0 Å². The number of para-hydroxylation sites is 2. The Bertz CT molecular complexity index is 920. The number of aldehydes is 1. The Morgan fingerprint density at radius 2 is 1.57 bits per heavy atom. The summed E-state index contributed by atoms with van der Waals surface area (Å²) in [7, 11) is 1.96. The zero-order chi connectivity index (χ0) is 16.1. The van der Waals surface area contributed by atoms with E-state index in [1.54, 1.807) is 6.07 Å². The summed E-state index contributed by atoms with van der Waals surface area (Å²) < 4.78 is 0. The Morgan fingerprint density at radius 3 is 2.26 bits per heavy atom. The average Bonchev–Trinajstić information content (AvgIpc) is 3.24. The van der Waals surface area contributed by atoms with Gasteiger partial charge in [-0.2, -0.15) is 0 Å². The third-order valence-corrected chi connectivity index (χ3v) is 3.79. The van der Waals surface area contributed by atoms with Crippen molar-refractivity contribution in [3.05, 3.63) is 72.1 Å². The van der Waals surface area contributed by atoms with E-state index < -0.39 is 0 Å². The molecule has 4 aromatic rings. The molecule has 4 rings (SSSR count). The zero-order valence-electron chi connectivity index (χ0n) is 13.0. The molecule has 2 aromatic heterocycles. The monoisotopic (exact) mass is 305 g/mol. The maximum absolute atomic E-state index is 10.5. The fourth-order valence-corrected chi connectivity index (χ4v) is 2.69. The normalized spacial score (nSPS) is 10.5. The molecule has 0 radical (unpaired) electrons. The van der Waals surface area contributed by atoms with Crippen LogP contribution in [0.5, 0.6) is 0 Å². The number of nitrogens with one attached hydrogen (secondary N) is 3. The van der Waals surface area contributed by atoms with Gasteiger partial charge in [-0.1, -0.05) is 30.3 Å². The Morgan fingerprint density at radius 1 is 0.913 bits per heavy atom. The largest absolute Gasteiger partial charge is 0.361 e. The van der Waals surface area contributed by atoms with Gasteiger partial charge in [-0.05, 0) is 36.2 Å². The minimum atomic E-state index is 0.715. The molecule has 0 saturated heterocycles. The number of aromatic nitrogens is 2. The number of aromatic amines is 2. The molecule has 0 unspecified atom stereocenters. The van der Waals surface area contributed by atoms with Crippen LogP contribution in [0.15, 0.2) is 60.9 Å². The van der Waals surface area contributed by atoms with Crippen LogP contribution in [-0.2, 0) is 6.54 Å². The van der Waals surface area contributed by atoms with E-state index in [0.29, 0.717) is 5.56 Å². The molecule has 0 aliphatic rings. The second-order valence-corrected chi connectivity index (χ2v) is 5.30. The first kappa shape index (κ1) is 15.1. The molecular weight excluding hydrogens is 286 g/mol. The summed E-state index contributed by atoms with van der Waals surface area (Å²) in [4.78, 5) is 16.7. The first-order chi connectivity index (χ1) is 11.3. The van der Waals surface area contributed by atoms with E-state index >= 15 is 0 Å². The minimum Gasteiger partial charge on any atom is -0.361 e. The Balaban J connectivity index is 0.000000136. The highest BCUT2D eigenvalue weighted by Crippen LogP contribution is 2.16. The van der Waals surface area contributed by atoms with Crippen molar-refractivity contribution in [2.24, 2.45) is 0 Å². The molecule has 23 heavy (non-hydrogen) atoms. The van der Waals surface area contributed by atoms with Gasteiger partial charge in [-0.15, -0.1) is 0 Å². The summed E-state index contributed by atoms with van der Waals surface area (Å²) in [5.41, 5.74) is 4.20. The molecule has 4 heteroatoms. The topological polar surface area (TPSA) is 60.7 Å². The van der Waals surface area contributed by atoms with Gasteiger partial charge in [0.15, 0.2) is 6.29 Å². The number of rotatable bonds is 3. The van der Waals surface area contributed by atoms with Crippen molar-refractivity contribution in [1.29, 1.82) is 0 Å². The molecule has 0 aliphatic carbocycles. The molecule has 0 saturated carbocycles. The molecular formula is C19H19N3O. The van der Waals surface area contributed by atoms with Crippen LogP contribution in [0.1, 0.15) is 15.9 Å². The average molecular weight is 305 g/mol. The fourth-order valence-electron chi connectivity index (χ4n) is 2.69. The molecule has 0 amide bonds. The predicted molar refractivity (Wildman–Crippen MR) is 94.7 cm³/mol. The van der Waals surface area contributed by atoms with Crippen LogP contribution in [-0.4, -0.2) is 23.3 Å². The van der Waals surface area contributed by atoms with Crippen LogP contribution in [0, 0.1) is 0 Å². The molecule has 0 aliphatic heterocycles. The Labute approximate surface area is 134 Å². The van der Waals surface area contributed by atoms with Gasteiger partial charge in [0.1, 0.15) is 0 Å². The second kappa shape index (κ2) is 6.94. The standard InChI is InChI=1S/C10H12N2.C9H7NO/c1-11-7-9-4-2-3-8-5-6-12-10(8)9;11-6-8-3-1-2-7-4-5-10-9(7)8/h2-6,11-12H,7H2,1H3;1-6,10H. The molecule has 3 N–H and O–H groups in total. The summed E-state index contributed by atoms with van der Waals surface area (Å²) >= 11 is 0. The first-order valence-electron chi connectivity index (χ1n) is 7.54. The minimum absolute atomic E-state index is 0.715. The van der Waals surface area contributed by atoms with Crippen molar-refractivity contribution in [3.63, 3.8) is 0 Å². The lowest BCUT2D eigenvalue weighted by Gasteiger charge is -2.00. The second-order valence-electron chi connectivity index (χ2n) is 5.30. The van der Waals surface area contributed by atoms with Gasteiger partial charge in [-0.3, -0.25) is 4.79 Å². The number of hydrogen-bond donors (Lipinski definition) is 3.